The van der Waals surface area contributed by atoms with E-state index in [9.17, 15) is 4.57 Å². The Labute approximate surface area is 127 Å². The Morgan fingerprint density at radius 3 is 1.35 bits per heavy atom. The highest BCUT2D eigenvalue weighted by molar-refractivity contribution is 7.23. The fourth-order valence-corrected chi connectivity index (χ4v) is 5.37. The molecule has 0 atom stereocenters. The highest BCUT2D eigenvalue weighted by Gasteiger charge is 2.29. The van der Waals surface area contributed by atoms with E-state index in [-0.39, 0.29) is 0 Å². The Morgan fingerprint density at radius 1 is 0.650 bits per heavy atom. The van der Waals surface area contributed by atoms with Crippen LogP contribution in [0.4, 0.5) is 0 Å². The molecule has 20 heavy (non-hydrogen) atoms. The number of rotatable bonds is 4. The first-order valence-electron chi connectivity index (χ1n) is 9.21. The molecule has 2 heteroatoms. The van der Waals surface area contributed by atoms with Gasteiger partial charge in [-0.05, 0) is 17.8 Å². The molecule has 0 amide bonds. The topological polar surface area (TPSA) is 17.1 Å². The normalized spacial score (nSPS) is 25.1. The first-order chi connectivity index (χ1) is 9.92. The first-order valence-corrected chi connectivity index (χ1v) is 10.2. The molecular weight excluding hydrogens is 263 g/mol. The van der Waals surface area contributed by atoms with Crippen LogP contribution in [0.25, 0.3) is 0 Å². The van der Waals surface area contributed by atoms with Crippen molar-refractivity contribution in [2.24, 2.45) is 17.8 Å². The largest absolute Gasteiger partial charge is 0.275 e. The highest BCUT2D eigenvalue weighted by Crippen LogP contribution is 2.39. The Balaban J connectivity index is 1.96. The maximum Gasteiger partial charge on any atom is 0.155 e. The lowest BCUT2D eigenvalue weighted by Gasteiger charge is -2.34. The molecule has 0 heterocycles. The molecule has 2 saturated carbocycles. The van der Waals surface area contributed by atoms with Crippen LogP contribution in [-0.2, 0) is 4.57 Å². The van der Waals surface area contributed by atoms with Gasteiger partial charge in [-0.15, -0.1) is 0 Å². The zero-order chi connectivity index (χ0) is 14.0. The van der Waals surface area contributed by atoms with Gasteiger partial charge >= 0.3 is 0 Å². The van der Waals surface area contributed by atoms with Gasteiger partial charge in [-0.3, -0.25) is 4.57 Å². The van der Waals surface area contributed by atoms with Crippen LogP contribution >= 0.6 is 8.46 Å². The molecule has 0 aromatic carbocycles. The van der Waals surface area contributed by atoms with E-state index in [1.165, 1.54) is 89.9 Å². The summed E-state index contributed by atoms with van der Waals surface area (Å²) in [7, 11) is 0.400. The van der Waals surface area contributed by atoms with Gasteiger partial charge in [0, 0.05) is 6.16 Å². The quantitative estimate of drug-likeness (QED) is 0.533. The minimum atomic E-state index is 0.400. The van der Waals surface area contributed by atoms with Crippen LogP contribution in [0, 0.1) is 17.8 Å². The average molecular weight is 296 g/mol. The summed E-state index contributed by atoms with van der Waals surface area (Å²) >= 11 is 0. The first kappa shape index (κ1) is 16.5. The van der Waals surface area contributed by atoms with E-state index in [0.29, 0.717) is 8.46 Å². The fraction of sp³-hybridized carbons (Fsp3) is 1.00. The molecule has 0 saturated heterocycles. The zero-order valence-corrected chi connectivity index (χ0v) is 14.1. The van der Waals surface area contributed by atoms with Gasteiger partial charge in [0.2, 0.25) is 0 Å². The van der Waals surface area contributed by atoms with Crippen LogP contribution in [0.3, 0.4) is 0 Å². The molecule has 0 spiro atoms. The summed E-state index contributed by atoms with van der Waals surface area (Å²) in [6, 6.07) is 0. The van der Waals surface area contributed by atoms with Gasteiger partial charge in [-0.2, -0.15) is 0 Å². The minimum absolute atomic E-state index is 0.400. The average Bonchev–Trinajstić information content (AvgIpc) is 2.36. The van der Waals surface area contributed by atoms with Crippen LogP contribution in [0.5, 0.6) is 0 Å². The Kier molecular flexibility index (Phi) is 8.18. The second-order valence-corrected chi connectivity index (χ2v) is 7.81. The van der Waals surface area contributed by atoms with E-state index in [0.717, 1.165) is 23.9 Å². The van der Waals surface area contributed by atoms with E-state index in [2.05, 4.69) is 0 Å². The predicted molar refractivity (Wildman–Crippen MR) is 87.6 cm³/mol. The summed E-state index contributed by atoms with van der Waals surface area (Å²) in [6.45, 7) is 0. The second kappa shape index (κ2) is 9.93. The van der Waals surface area contributed by atoms with Gasteiger partial charge in [0.1, 0.15) is 0 Å². The molecule has 0 aliphatic heterocycles. The lowest BCUT2D eigenvalue weighted by atomic mass is 9.72. The standard InChI is InChI=1S/C18H33OP/c19-20-15-18(16-11-7-3-1-4-8-12-16)17-13-9-5-2-6-10-14-17/h16-18H,1-15H2. The highest BCUT2D eigenvalue weighted by atomic mass is 31.1. The molecule has 0 aromatic rings. The van der Waals surface area contributed by atoms with Crippen molar-refractivity contribution in [3.8, 4) is 0 Å². The SMILES string of the molecule is O=PCC(C1CCCCCCC1)C1CCCCCCC1. The molecule has 0 aromatic heterocycles. The molecule has 2 aliphatic rings. The van der Waals surface area contributed by atoms with Crippen LogP contribution in [-0.4, -0.2) is 6.16 Å². The van der Waals surface area contributed by atoms with Gasteiger partial charge in [0.05, 0.1) is 0 Å². The molecule has 2 aliphatic carbocycles. The van der Waals surface area contributed by atoms with Gasteiger partial charge in [0.25, 0.3) is 0 Å². The second-order valence-electron chi connectivity index (χ2n) is 7.19. The van der Waals surface area contributed by atoms with Crippen molar-refractivity contribution in [2.75, 3.05) is 6.16 Å². The van der Waals surface area contributed by atoms with Crippen LogP contribution < -0.4 is 0 Å². The van der Waals surface area contributed by atoms with E-state index < -0.39 is 0 Å². The summed E-state index contributed by atoms with van der Waals surface area (Å²) in [6.07, 6.45) is 20.9. The monoisotopic (exact) mass is 296 g/mol. The van der Waals surface area contributed by atoms with Crippen molar-refractivity contribution >= 4 is 8.46 Å². The van der Waals surface area contributed by atoms with Gasteiger partial charge in [-0.25, -0.2) is 0 Å². The van der Waals surface area contributed by atoms with Crippen LogP contribution in [0.15, 0.2) is 0 Å². The van der Waals surface area contributed by atoms with Crippen molar-refractivity contribution in [1.29, 1.82) is 0 Å². The summed E-state index contributed by atoms with van der Waals surface area (Å²) in [5, 5.41) is 0. The van der Waals surface area contributed by atoms with Crippen LogP contribution in [0.1, 0.15) is 89.9 Å². The van der Waals surface area contributed by atoms with E-state index >= 15 is 0 Å². The summed E-state index contributed by atoms with van der Waals surface area (Å²) in [5.41, 5.74) is 0. The summed E-state index contributed by atoms with van der Waals surface area (Å²) in [4.78, 5) is 0. The fourth-order valence-electron chi connectivity index (χ4n) is 4.60. The Morgan fingerprint density at radius 2 is 1.00 bits per heavy atom. The predicted octanol–water partition coefficient (Wildman–Crippen LogP) is 6.62. The van der Waals surface area contributed by atoms with E-state index in [1.807, 2.05) is 0 Å². The molecule has 0 radical (unpaired) electrons. The van der Waals surface area contributed by atoms with Crippen molar-refractivity contribution in [3.63, 3.8) is 0 Å². The van der Waals surface area contributed by atoms with Crippen molar-refractivity contribution < 1.29 is 4.57 Å². The van der Waals surface area contributed by atoms with Crippen molar-refractivity contribution in [1.82, 2.24) is 0 Å². The molecule has 116 valence electrons. The lowest BCUT2D eigenvalue weighted by Crippen LogP contribution is -2.27. The lowest BCUT2D eigenvalue weighted by molar-refractivity contribution is 0.180. The molecule has 1 nitrogen and oxygen atoms in total. The van der Waals surface area contributed by atoms with Gasteiger partial charge < -0.3 is 0 Å². The molecule has 2 fully saturated rings. The molecule has 0 unspecified atom stereocenters. The molecule has 0 N–H and O–H groups in total. The number of hydrogen-bond donors (Lipinski definition) is 0. The van der Waals surface area contributed by atoms with Crippen LogP contribution in [0.2, 0.25) is 0 Å². The molecule has 2 rings (SSSR count). The van der Waals surface area contributed by atoms with Crippen molar-refractivity contribution in [2.45, 2.75) is 89.9 Å². The maximum absolute atomic E-state index is 11.3. The maximum atomic E-state index is 11.3. The van der Waals surface area contributed by atoms with E-state index in [4.69, 9.17) is 0 Å². The Hall–Kier alpha value is 0.100. The molecule has 0 bridgehead atoms. The zero-order valence-electron chi connectivity index (χ0n) is 13.2. The third-order valence-corrected chi connectivity index (χ3v) is 6.37. The van der Waals surface area contributed by atoms with Gasteiger partial charge in [-0.1, -0.05) is 89.9 Å². The summed E-state index contributed by atoms with van der Waals surface area (Å²) < 4.78 is 11.3. The van der Waals surface area contributed by atoms with Gasteiger partial charge in [0.15, 0.2) is 8.46 Å². The minimum Gasteiger partial charge on any atom is -0.275 e. The summed E-state index contributed by atoms with van der Waals surface area (Å²) in [5.74, 6) is 2.51. The third kappa shape index (κ3) is 5.47. The van der Waals surface area contributed by atoms with E-state index in [1.54, 1.807) is 0 Å². The van der Waals surface area contributed by atoms with Crippen molar-refractivity contribution in [3.05, 3.63) is 0 Å². The smallest absolute Gasteiger partial charge is 0.155 e. The third-order valence-electron chi connectivity index (χ3n) is 5.80. The Bertz CT molecular complexity index is 228. The molecular formula is C18H33OP. The number of hydrogen-bond acceptors (Lipinski definition) is 1.